The largest absolute Gasteiger partial charge is 0.472 e. The van der Waals surface area contributed by atoms with Crippen LogP contribution in [0.15, 0.2) is 72.9 Å². The molecule has 0 heterocycles. The number of ether oxygens (including phenoxy) is 1. The zero-order chi connectivity index (χ0) is 29.2. The third kappa shape index (κ3) is 27.3. The molecule has 0 saturated carbocycles. The first-order valence-corrected chi connectivity index (χ1v) is 15.6. The van der Waals surface area contributed by atoms with Gasteiger partial charge in [0.15, 0.2) is 0 Å². The second-order valence-electron chi connectivity index (χ2n) is 10.1. The Bertz CT molecular complexity index is 852. The number of rotatable bonds is 23. The molecule has 2 unspecified atom stereocenters. The molecule has 7 nitrogen and oxygen atoms in total. The van der Waals surface area contributed by atoms with Crippen molar-refractivity contribution in [3.05, 3.63) is 72.9 Å². The van der Waals surface area contributed by atoms with Crippen LogP contribution in [-0.2, 0) is 23.1 Å². The summed E-state index contributed by atoms with van der Waals surface area (Å²) in [4.78, 5) is 21.9. The molecule has 0 saturated heterocycles. The van der Waals surface area contributed by atoms with Gasteiger partial charge in [0.1, 0.15) is 19.3 Å². The highest BCUT2D eigenvalue weighted by Gasteiger charge is 2.25. The molecule has 0 aliphatic carbocycles. The Morgan fingerprint density at radius 3 is 1.67 bits per heavy atom. The van der Waals surface area contributed by atoms with E-state index in [2.05, 4.69) is 67.7 Å². The van der Waals surface area contributed by atoms with Crippen molar-refractivity contribution in [1.82, 2.24) is 0 Å². The van der Waals surface area contributed by atoms with E-state index in [9.17, 15) is 14.3 Å². The quantitative estimate of drug-likeness (QED) is 0.0593. The fourth-order valence-electron chi connectivity index (χ4n) is 2.97. The first-order chi connectivity index (χ1) is 18.6. The molecule has 0 aliphatic heterocycles. The lowest BCUT2D eigenvalue weighted by atomic mass is 10.2. The number of allylic oxidation sites excluding steroid dienone is 12. The average Bonchev–Trinajstić information content (AvgIpc) is 2.87. The SMILES string of the molecule is CC/C=C\C/C=C\C/C=C\C/C=C\C/C=C\C/C=C\CCC(=O)OC(CC)COP(=O)(O)OCC[N+](C)(C)C. The zero-order valence-corrected chi connectivity index (χ0v) is 25.8. The van der Waals surface area contributed by atoms with E-state index in [1.807, 2.05) is 40.2 Å². The van der Waals surface area contributed by atoms with Crippen molar-refractivity contribution >= 4 is 13.8 Å². The van der Waals surface area contributed by atoms with Crippen LogP contribution < -0.4 is 0 Å². The van der Waals surface area contributed by atoms with Gasteiger partial charge < -0.3 is 14.1 Å². The number of esters is 1. The first-order valence-electron chi connectivity index (χ1n) is 14.1. The lowest BCUT2D eigenvalue weighted by Crippen LogP contribution is -2.37. The Morgan fingerprint density at radius 2 is 1.23 bits per heavy atom. The van der Waals surface area contributed by atoms with Gasteiger partial charge in [-0.3, -0.25) is 13.8 Å². The van der Waals surface area contributed by atoms with Gasteiger partial charge in [0.2, 0.25) is 0 Å². The summed E-state index contributed by atoms with van der Waals surface area (Å²) in [6, 6.07) is 0. The van der Waals surface area contributed by atoms with Crippen molar-refractivity contribution in [2.75, 3.05) is 40.9 Å². The molecule has 0 aromatic heterocycles. The van der Waals surface area contributed by atoms with Crippen LogP contribution in [0.1, 0.15) is 71.6 Å². The van der Waals surface area contributed by atoms with Gasteiger partial charge in [-0.15, -0.1) is 0 Å². The van der Waals surface area contributed by atoms with Crippen LogP contribution in [0.2, 0.25) is 0 Å². The van der Waals surface area contributed by atoms with Crippen LogP contribution in [0.25, 0.3) is 0 Å². The summed E-state index contributed by atoms with van der Waals surface area (Å²) < 4.78 is 28.0. The predicted octanol–water partition coefficient (Wildman–Crippen LogP) is 7.63. The number of nitrogens with zero attached hydrogens (tertiary/aromatic N) is 1. The number of phosphoric acid groups is 1. The molecular formula is C31H53NO6P+. The minimum absolute atomic E-state index is 0.0970. The number of likely N-dealkylation sites (N-methyl/N-ethyl adjacent to an activating group) is 1. The molecule has 1 N–H and O–H groups in total. The minimum Gasteiger partial charge on any atom is -0.460 e. The molecular weight excluding hydrogens is 513 g/mol. The molecule has 0 radical (unpaired) electrons. The van der Waals surface area contributed by atoms with Crippen molar-refractivity contribution in [2.24, 2.45) is 0 Å². The summed E-state index contributed by atoms with van der Waals surface area (Å²) in [5.74, 6) is -0.358. The second kappa shape index (κ2) is 23.8. The first kappa shape index (κ1) is 37.0. The van der Waals surface area contributed by atoms with Crippen LogP contribution in [-0.4, -0.2) is 62.4 Å². The third-order valence-corrected chi connectivity index (χ3v) is 6.29. The van der Waals surface area contributed by atoms with Gasteiger partial charge >= 0.3 is 13.8 Å². The monoisotopic (exact) mass is 566 g/mol. The van der Waals surface area contributed by atoms with Crippen molar-refractivity contribution in [2.45, 2.75) is 77.7 Å². The van der Waals surface area contributed by atoms with Crippen molar-refractivity contribution in [1.29, 1.82) is 0 Å². The predicted molar refractivity (Wildman–Crippen MR) is 162 cm³/mol. The second-order valence-corrected chi connectivity index (χ2v) is 11.5. The number of carbonyl (C=O) groups excluding carboxylic acids is 1. The molecule has 0 fully saturated rings. The summed E-state index contributed by atoms with van der Waals surface area (Å²) in [5, 5.41) is 0. The van der Waals surface area contributed by atoms with Gasteiger partial charge in [-0.1, -0.05) is 86.8 Å². The maximum Gasteiger partial charge on any atom is 0.472 e. The molecule has 0 spiro atoms. The molecule has 8 heteroatoms. The Labute approximate surface area is 237 Å². The van der Waals surface area contributed by atoms with Crippen LogP contribution >= 0.6 is 7.82 Å². The van der Waals surface area contributed by atoms with Crippen LogP contribution in [0, 0.1) is 0 Å². The lowest BCUT2D eigenvalue weighted by Gasteiger charge is -2.24. The highest BCUT2D eigenvalue weighted by molar-refractivity contribution is 7.47. The molecule has 0 amide bonds. The zero-order valence-electron chi connectivity index (χ0n) is 24.9. The molecule has 0 bridgehead atoms. The van der Waals surface area contributed by atoms with Crippen molar-refractivity contribution in [3.8, 4) is 0 Å². The summed E-state index contributed by atoms with van der Waals surface area (Å²) in [6.45, 7) is 4.45. The Kier molecular flexibility index (Phi) is 22.6. The molecule has 0 aliphatic rings. The highest BCUT2D eigenvalue weighted by atomic mass is 31.2. The maximum absolute atomic E-state index is 12.1. The Balaban J connectivity index is 3.95. The number of hydrogen-bond donors (Lipinski definition) is 1. The van der Waals surface area contributed by atoms with Crippen LogP contribution in [0.3, 0.4) is 0 Å². The van der Waals surface area contributed by atoms with E-state index in [-0.39, 0.29) is 25.6 Å². The van der Waals surface area contributed by atoms with Gasteiger partial charge in [0.05, 0.1) is 27.7 Å². The minimum atomic E-state index is -4.18. The van der Waals surface area contributed by atoms with E-state index in [1.165, 1.54) is 0 Å². The number of quaternary nitrogens is 1. The van der Waals surface area contributed by atoms with Gasteiger partial charge in [-0.2, -0.15) is 0 Å². The fourth-order valence-corrected chi connectivity index (χ4v) is 3.71. The van der Waals surface area contributed by atoms with Gasteiger partial charge in [-0.25, -0.2) is 4.57 Å². The smallest absolute Gasteiger partial charge is 0.460 e. The van der Waals surface area contributed by atoms with Gasteiger partial charge in [0, 0.05) is 6.42 Å². The maximum atomic E-state index is 12.1. The average molecular weight is 567 g/mol. The molecule has 0 rings (SSSR count). The summed E-state index contributed by atoms with van der Waals surface area (Å²) >= 11 is 0. The Hall–Kier alpha value is -2.02. The summed E-state index contributed by atoms with van der Waals surface area (Å²) in [5.41, 5.74) is 0. The third-order valence-electron chi connectivity index (χ3n) is 5.31. The fraction of sp³-hybridized carbons (Fsp3) is 0.581. The number of hydrogen-bond acceptors (Lipinski definition) is 5. The summed E-state index contributed by atoms with van der Waals surface area (Å²) in [6.07, 6.45) is 32.1. The topological polar surface area (TPSA) is 82.1 Å². The van der Waals surface area contributed by atoms with Crippen molar-refractivity contribution < 1.29 is 32.5 Å². The summed E-state index contributed by atoms with van der Waals surface area (Å²) in [7, 11) is 1.70. The molecule has 0 aromatic rings. The molecule has 222 valence electrons. The normalized spacial score (nSPS) is 15.5. The van der Waals surface area contributed by atoms with Crippen LogP contribution in [0.4, 0.5) is 0 Å². The lowest BCUT2D eigenvalue weighted by molar-refractivity contribution is -0.870. The number of phosphoric ester groups is 1. The van der Waals surface area contributed by atoms with E-state index in [0.29, 0.717) is 23.9 Å². The van der Waals surface area contributed by atoms with Crippen LogP contribution in [0.5, 0.6) is 0 Å². The van der Waals surface area contributed by atoms with Gasteiger partial charge in [-0.05, 0) is 51.4 Å². The van der Waals surface area contributed by atoms with E-state index in [0.717, 1.165) is 38.5 Å². The van der Waals surface area contributed by atoms with E-state index in [4.69, 9.17) is 13.8 Å². The van der Waals surface area contributed by atoms with E-state index < -0.39 is 13.9 Å². The van der Waals surface area contributed by atoms with Crippen molar-refractivity contribution in [3.63, 3.8) is 0 Å². The van der Waals surface area contributed by atoms with E-state index >= 15 is 0 Å². The highest BCUT2D eigenvalue weighted by Crippen LogP contribution is 2.43. The standard InChI is InChI=1S/C31H52NO6P/c1-6-8-9-10-11-12-13-14-15-16-17-18-19-20-21-22-23-24-25-26-31(33)38-30(7-2)29-37-39(34,35)36-28-27-32(3,4)5/h8-9,11-12,14-15,17-18,20-21,23-24,30H,6-7,10,13,16,19,22,25-29H2,1-5H3/p+1/b9-8-,12-11-,15-14-,18-17-,21-20-,24-23-. The van der Waals surface area contributed by atoms with E-state index in [1.54, 1.807) is 0 Å². The Morgan fingerprint density at radius 1 is 0.769 bits per heavy atom. The molecule has 2 atom stereocenters. The molecule has 39 heavy (non-hydrogen) atoms. The number of carbonyl (C=O) groups is 1. The van der Waals surface area contributed by atoms with Gasteiger partial charge in [0.25, 0.3) is 0 Å². The molecule has 0 aromatic carbocycles.